The number of methoxy groups -OCH3 is 1. The van der Waals surface area contributed by atoms with Crippen molar-refractivity contribution in [3.05, 3.63) is 52.8 Å². The summed E-state index contributed by atoms with van der Waals surface area (Å²) in [5, 5.41) is 7.12. The zero-order valence-corrected chi connectivity index (χ0v) is 16.4. The number of hydrogen-bond donors (Lipinski definition) is 1. The predicted molar refractivity (Wildman–Crippen MR) is 99.7 cm³/mol. The first-order valence-corrected chi connectivity index (χ1v) is 9.13. The zero-order valence-electron chi connectivity index (χ0n) is 16.4. The molecule has 2 aliphatic rings. The Bertz CT molecular complexity index is 980. The van der Waals surface area contributed by atoms with Crippen LogP contribution in [0.15, 0.2) is 30.6 Å². The number of hydrogen-bond acceptors (Lipinski definition) is 6. The maximum Gasteiger partial charge on any atom is 0.490 e. The third kappa shape index (κ3) is 5.23. The third-order valence-corrected chi connectivity index (χ3v) is 4.68. The van der Waals surface area contributed by atoms with Gasteiger partial charge in [-0.2, -0.15) is 13.2 Å². The molecule has 0 unspecified atom stereocenters. The van der Waals surface area contributed by atoms with Crippen LogP contribution >= 0.6 is 0 Å². The molecule has 0 atom stereocenters. The molecule has 11 heteroatoms. The molecule has 0 fully saturated rings. The largest absolute Gasteiger partial charge is 0.490 e. The van der Waals surface area contributed by atoms with E-state index in [1.807, 2.05) is 17.3 Å². The number of ether oxygens (including phenoxy) is 3. The number of aromatic nitrogens is 1. The number of alkyl halides is 3. The number of fused-ring (bicyclic) bond motifs is 2. The van der Waals surface area contributed by atoms with Gasteiger partial charge < -0.3 is 24.2 Å². The van der Waals surface area contributed by atoms with Gasteiger partial charge in [0.1, 0.15) is 0 Å². The van der Waals surface area contributed by atoms with Gasteiger partial charge in [-0.3, -0.25) is 9.78 Å². The first-order chi connectivity index (χ1) is 14.7. The summed E-state index contributed by atoms with van der Waals surface area (Å²) in [4.78, 5) is 27.8. The van der Waals surface area contributed by atoms with Crippen LogP contribution in [0.5, 0.6) is 11.5 Å². The summed E-state index contributed by atoms with van der Waals surface area (Å²) in [6.45, 7) is 2.00. The van der Waals surface area contributed by atoms with E-state index in [9.17, 15) is 18.0 Å². The minimum atomic E-state index is -5.08. The lowest BCUT2D eigenvalue weighted by Crippen LogP contribution is -2.36. The van der Waals surface area contributed by atoms with E-state index in [2.05, 4.69) is 4.98 Å². The number of carbonyl (C=O) groups is 2. The monoisotopic (exact) mass is 440 g/mol. The van der Waals surface area contributed by atoms with Gasteiger partial charge in [-0.05, 0) is 41.3 Å². The van der Waals surface area contributed by atoms with Crippen molar-refractivity contribution in [2.75, 3.05) is 20.4 Å². The Morgan fingerprint density at radius 1 is 1.23 bits per heavy atom. The SMILES string of the molecule is COCc1cncc2c1CCN(C(=O)c1ccc3c(c1)OCO3)C2.O=C(O)C(F)(F)F. The number of benzene rings is 1. The third-order valence-electron chi connectivity index (χ3n) is 4.68. The number of amides is 1. The molecule has 0 saturated heterocycles. The Morgan fingerprint density at radius 2 is 1.94 bits per heavy atom. The molecule has 3 heterocycles. The van der Waals surface area contributed by atoms with E-state index in [-0.39, 0.29) is 12.7 Å². The fraction of sp³-hybridized carbons (Fsp3) is 0.350. The van der Waals surface area contributed by atoms with Crippen molar-refractivity contribution in [2.24, 2.45) is 0 Å². The summed E-state index contributed by atoms with van der Waals surface area (Å²) in [6, 6.07) is 5.32. The average Bonchev–Trinajstić information content (AvgIpc) is 3.21. The van der Waals surface area contributed by atoms with Crippen LogP contribution in [0.1, 0.15) is 27.0 Å². The lowest BCUT2D eigenvalue weighted by atomic mass is 9.97. The van der Waals surface area contributed by atoms with Crippen LogP contribution in [-0.2, 0) is 29.1 Å². The van der Waals surface area contributed by atoms with Crippen LogP contribution < -0.4 is 9.47 Å². The predicted octanol–water partition coefficient (Wildman–Crippen LogP) is 2.79. The molecule has 1 amide bonds. The van der Waals surface area contributed by atoms with Crippen molar-refractivity contribution in [1.29, 1.82) is 0 Å². The fourth-order valence-corrected chi connectivity index (χ4v) is 3.23. The Kier molecular flexibility index (Phi) is 6.64. The number of carboxylic acids is 1. The van der Waals surface area contributed by atoms with Gasteiger partial charge in [-0.25, -0.2) is 4.79 Å². The molecule has 0 aliphatic carbocycles. The zero-order chi connectivity index (χ0) is 22.6. The Hall–Kier alpha value is -3.34. The van der Waals surface area contributed by atoms with Crippen molar-refractivity contribution in [2.45, 2.75) is 25.7 Å². The first kappa shape index (κ1) is 22.3. The topological polar surface area (TPSA) is 98.2 Å². The molecule has 0 spiro atoms. The van der Waals surface area contributed by atoms with Crippen molar-refractivity contribution in [1.82, 2.24) is 9.88 Å². The molecule has 0 bridgehead atoms. The first-order valence-electron chi connectivity index (χ1n) is 9.13. The average molecular weight is 440 g/mol. The van der Waals surface area contributed by atoms with E-state index in [1.54, 1.807) is 25.3 Å². The summed E-state index contributed by atoms with van der Waals surface area (Å²) in [5.41, 5.74) is 4.06. The highest BCUT2D eigenvalue weighted by Gasteiger charge is 2.38. The van der Waals surface area contributed by atoms with Gasteiger partial charge in [0.2, 0.25) is 6.79 Å². The minimum absolute atomic E-state index is 0.00362. The number of carboxylic acid groups (broad SMARTS) is 1. The van der Waals surface area contributed by atoms with Gasteiger partial charge in [0.25, 0.3) is 5.91 Å². The number of halogens is 3. The van der Waals surface area contributed by atoms with Crippen LogP contribution in [0.4, 0.5) is 13.2 Å². The smallest absolute Gasteiger partial charge is 0.475 e. The summed E-state index contributed by atoms with van der Waals surface area (Å²) >= 11 is 0. The molecule has 1 aromatic heterocycles. The van der Waals surface area contributed by atoms with E-state index in [0.717, 1.165) is 17.5 Å². The van der Waals surface area contributed by atoms with Crippen molar-refractivity contribution in [3.8, 4) is 11.5 Å². The molecule has 1 aromatic carbocycles. The quantitative estimate of drug-likeness (QED) is 0.784. The minimum Gasteiger partial charge on any atom is -0.475 e. The van der Waals surface area contributed by atoms with Gasteiger partial charge in [0, 0.05) is 38.2 Å². The Morgan fingerprint density at radius 3 is 2.61 bits per heavy atom. The summed E-state index contributed by atoms with van der Waals surface area (Å²) in [5.74, 6) is -1.45. The number of rotatable bonds is 3. The van der Waals surface area contributed by atoms with Gasteiger partial charge >= 0.3 is 12.1 Å². The molecule has 8 nitrogen and oxygen atoms in total. The van der Waals surface area contributed by atoms with Gasteiger partial charge in [-0.15, -0.1) is 0 Å². The summed E-state index contributed by atoms with van der Waals surface area (Å²) < 4.78 is 47.6. The Balaban J connectivity index is 0.000000339. The van der Waals surface area contributed by atoms with E-state index in [0.29, 0.717) is 36.8 Å². The molecule has 4 rings (SSSR count). The van der Waals surface area contributed by atoms with E-state index >= 15 is 0 Å². The van der Waals surface area contributed by atoms with Crippen molar-refractivity contribution < 1.29 is 42.1 Å². The standard InChI is InChI=1S/C18H18N2O4.C2HF3O2/c1-22-10-14-8-19-7-13-9-20(5-4-15(13)14)18(21)12-2-3-16-17(6-12)24-11-23-16;3-2(4,5)1(6)7/h2-3,6-8H,4-5,9-11H2,1H3;(H,6,7). The molecule has 0 saturated carbocycles. The summed E-state index contributed by atoms with van der Waals surface area (Å²) in [7, 11) is 1.68. The van der Waals surface area contributed by atoms with Crippen LogP contribution in [0, 0.1) is 0 Å². The van der Waals surface area contributed by atoms with Crippen molar-refractivity contribution in [3.63, 3.8) is 0 Å². The number of pyridine rings is 1. The van der Waals surface area contributed by atoms with Crippen LogP contribution in [0.3, 0.4) is 0 Å². The second-order valence-corrected chi connectivity index (χ2v) is 6.72. The van der Waals surface area contributed by atoms with Gasteiger partial charge in [0.15, 0.2) is 11.5 Å². The van der Waals surface area contributed by atoms with Crippen molar-refractivity contribution >= 4 is 11.9 Å². The maximum atomic E-state index is 12.8. The highest BCUT2D eigenvalue weighted by Crippen LogP contribution is 2.33. The molecule has 166 valence electrons. The molecular weight excluding hydrogens is 421 g/mol. The highest BCUT2D eigenvalue weighted by atomic mass is 19.4. The van der Waals surface area contributed by atoms with E-state index < -0.39 is 12.1 Å². The summed E-state index contributed by atoms with van der Waals surface area (Å²) in [6.07, 6.45) is -0.585. The van der Waals surface area contributed by atoms with Crippen LogP contribution in [0.25, 0.3) is 0 Å². The second-order valence-electron chi connectivity index (χ2n) is 6.72. The molecule has 2 aromatic rings. The highest BCUT2D eigenvalue weighted by molar-refractivity contribution is 5.95. The normalized spacial score (nSPS) is 14.4. The lowest BCUT2D eigenvalue weighted by molar-refractivity contribution is -0.192. The molecule has 0 radical (unpaired) electrons. The van der Waals surface area contributed by atoms with Crippen LogP contribution in [0.2, 0.25) is 0 Å². The number of aliphatic carboxylic acids is 1. The van der Waals surface area contributed by atoms with Gasteiger partial charge in [0.05, 0.1) is 6.61 Å². The molecule has 31 heavy (non-hydrogen) atoms. The second kappa shape index (κ2) is 9.21. The molecular formula is C20H19F3N2O6. The molecule has 1 N–H and O–H groups in total. The van der Waals surface area contributed by atoms with Crippen LogP contribution in [-0.4, -0.2) is 53.5 Å². The molecule has 2 aliphatic heterocycles. The fourth-order valence-electron chi connectivity index (χ4n) is 3.23. The number of nitrogens with zero attached hydrogens (tertiary/aromatic N) is 2. The van der Waals surface area contributed by atoms with E-state index in [4.69, 9.17) is 24.1 Å². The van der Waals surface area contributed by atoms with E-state index in [1.165, 1.54) is 5.56 Å². The van der Waals surface area contributed by atoms with Gasteiger partial charge in [-0.1, -0.05) is 0 Å². The lowest BCUT2D eigenvalue weighted by Gasteiger charge is -2.30. The maximum absolute atomic E-state index is 12.8. The Labute approximate surface area is 175 Å². The number of carbonyl (C=O) groups excluding carboxylic acids is 1.